The number of carbonyl (C=O) groups excluding carboxylic acids is 3. The van der Waals surface area contributed by atoms with E-state index in [1.807, 2.05) is 18.2 Å². The van der Waals surface area contributed by atoms with E-state index in [2.05, 4.69) is 30.3 Å². The van der Waals surface area contributed by atoms with Crippen molar-refractivity contribution in [2.24, 2.45) is 0 Å². The molecule has 3 aliphatic rings. The Balaban J connectivity index is 1.05. The van der Waals surface area contributed by atoms with Gasteiger partial charge in [-0.25, -0.2) is 14.3 Å². The highest BCUT2D eigenvalue weighted by molar-refractivity contribution is 6.35. The number of fused-ring (bicyclic) bond motifs is 1. The van der Waals surface area contributed by atoms with Crippen LogP contribution in [0.15, 0.2) is 79.3 Å². The standard InChI is InChI=1S/C39H31Cl2F4N7O5/c1-36(16-21-2-7-26(8-3-21)57-39(43,44)45)34(56)51(25-14-27(40)31(42)28(41)15-25)35-48-19-29(52(35)36)32(54)49-38(12-13-38)33(55)50-37(10-11-37)30-9-5-23(18-47-30)22-4-6-24(20-53)46-17-22/h2-9,14-15,17-19,53H,10-13,16,20H2,1H3,(H,49,54)(H,50,55)/t36-/m1/s1. The molecule has 12 nitrogen and oxygen atoms in total. The third-order valence-electron chi connectivity index (χ3n) is 10.5. The lowest BCUT2D eigenvalue weighted by Gasteiger charge is -2.27. The number of hydrogen-bond acceptors (Lipinski definition) is 8. The fraction of sp³-hybridized carbons (Fsp3) is 0.282. The van der Waals surface area contributed by atoms with Gasteiger partial charge in [-0.15, -0.1) is 13.2 Å². The predicted molar refractivity (Wildman–Crippen MR) is 198 cm³/mol. The van der Waals surface area contributed by atoms with E-state index in [-0.39, 0.29) is 40.4 Å². The molecule has 57 heavy (non-hydrogen) atoms. The zero-order chi connectivity index (χ0) is 40.5. The Morgan fingerprint density at radius 2 is 1.54 bits per heavy atom. The van der Waals surface area contributed by atoms with Crippen LogP contribution in [0.5, 0.6) is 5.75 Å². The fourth-order valence-corrected chi connectivity index (χ4v) is 7.57. The number of nitrogens with one attached hydrogen (secondary N) is 2. The number of amides is 3. The van der Waals surface area contributed by atoms with E-state index in [4.69, 9.17) is 23.2 Å². The van der Waals surface area contributed by atoms with E-state index < -0.39 is 52.3 Å². The highest BCUT2D eigenvalue weighted by Gasteiger charge is 2.57. The second-order valence-electron chi connectivity index (χ2n) is 14.5. The molecule has 8 rings (SSSR count). The third-order valence-corrected chi connectivity index (χ3v) is 11.0. The Morgan fingerprint density at radius 3 is 2.09 bits per heavy atom. The molecule has 0 spiro atoms. The summed E-state index contributed by atoms with van der Waals surface area (Å²) in [6.45, 7) is 1.36. The van der Waals surface area contributed by atoms with Gasteiger partial charge in [0.25, 0.3) is 11.8 Å². The first-order chi connectivity index (χ1) is 27.0. The van der Waals surface area contributed by atoms with Crippen molar-refractivity contribution in [1.29, 1.82) is 0 Å². The number of benzene rings is 2. The van der Waals surface area contributed by atoms with E-state index in [1.165, 1.54) is 42.0 Å². The smallest absolute Gasteiger partial charge is 0.406 e. The Labute approximate surface area is 331 Å². The molecule has 3 N–H and O–H groups in total. The Morgan fingerprint density at radius 1 is 0.895 bits per heavy atom. The average molecular weight is 825 g/mol. The van der Waals surface area contributed by atoms with E-state index in [0.29, 0.717) is 42.6 Å². The molecule has 2 aliphatic carbocycles. The van der Waals surface area contributed by atoms with E-state index in [0.717, 1.165) is 28.2 Å². The number of hydrogen-bond donors (Lipinski definition) is 3. The van der Waals surface area contributed by atoms with Crippen LogP contribution in [0.3, 0.4) is 0 Å². The van der Waals surface area contributed by atoms with Crippen LogP contribution >= 0.6 is 23.2 Å². The summed E-state index contributed by atoms with van der Waals surface area (Å²) < 4.78 is 58.3. The quantitative estimate of drug-likeness (QED) is 0.0964. The van der Waals surface area contributed by atoms with Crippen LogP contribution < -0.4 is 20.3 Å². The lowest BCUT2D eigenvalue weighted by molar-refractivity contribution is -0.274. The van der Waals surface area contributed by atoms with Gasteiger partial charge in [0.05, 0.1) is 45.5 Å². The molecular formula is C39H31Cl2F4N7O5. The molecule has 0 radical (unpaired) electrons. The minimum atomic E-state index is -4.91. The fourth-order valence-electron chi connectivity index (χ4n) is 7.10. The van der Waals surface area contributed by atoms with Gasteiger partial charge in [-0.05, 0) is 74.6 Å². The lowest BCUT2D eigenvalue weighted by Crippen LogP contribution is -2.52. The molecule has 0 saturated heterocycles. The number of ether oxygens (including phenoxy) is 1. The second kappa shape index (κ2) is 13.8. The van der Waals surface area contributed by atoms with Crippen LogP contribution in [0.1, 0.15) is 60.0 Å². The van der Waals surface area contributed by atoms with Crippen molar-refractivity contribution in [3.63, 3.8) is 0 Å². The summed E-state index contributed by atoms with van der Waals surface area (Å²) in [6.07, 6.45) is 1.47. The third kappa shape index (κ3) is 7.06. The maximum absolute atomic E-state index is 14.4. The number of pyridine rings is 2. The largest absolute Gasteiger partial charge is 0.573 e. The van der Waals surface area contributed by atoms with Gasteiger partial charge in [0.15, 0.2) is 5.82 Å². The molecule has 2 saturated carbocycles. The maximum atomic E-state index is 14.4. The van der Waals surface area contributed by atoms with Crippen LogP contribution in [0.4, 0.5) is 29.2 Å². The minimum Gasteiger partial charge on any atom is -0.406 e. The van der Waals surface area contributed by atoms with E-state index >= 15 is 0 Å². The molecule has 3 aromatic heterocycles. The van der Waals surface area contributed by atoms with Crippen LogP contribution in [0.2, 0.25) is 10.0 Å². The Hall–Kier alpha value is -5.58. The first kappa shape index (κ1) is 38.3. The first-order valence-electron chi connectivity index (χ1n) is 17.6. The highest BCUT2D eigenvalue weighted by Crippen LogP contribution is 2.48. The number of carbonyl (C=O) groups is 3. The van der Waals surface area contributed by atoms with Gasteiger partial charge in [-0.3, -0.25) is 28.9 Å². The molecule has 1 atom stereocenters. The lowest BCUT2D eigenvalue weighted by atomic mass is 9.91. The van der Waals surface area contributed by atoms with Gasteiger partial charge in [-0.1, -0.05) is 47.5 Å². The topological polar surface area (TPSA) is 152 Å². The van der Waals surface area contributed by atoms with E-state index in [1.54, 1.807) is 18.5 Å². The maximum Gasteiger partial charge on any atom is 0.573 e. The van der Waals surface area contributed by atoms with Crippen molar-refractivity contribution in [3.8, 4) is 16.9 Å². The molecule has 5 aromatic rings. The molecule has 3 amide bonds. The van der Waals surface area contributed by atoms with Crippen molar-refractivity contribution in [2.75, 3.05) is 4.90 Å². The summed E-state index contributed by atoms with van der Waals surface area (Å²) >= 11 is 12.2. The van der Waals surface area contributed by atoms with Crippen molar-refractivity contribution in [1.82, 2.24) is 30.2 Å². The van der Waals surface area contributed by atoms with Gasteiger partial charge < -0.3 is 20.5 Å². The molecule has 0 unspecified atom stereocenters. The average Bonchev–Trinajstić information content (AvgIpc) is 4.09. The van der Waals surface area contributed by atoms with Gasteiger partial charge in [0, 0.05) is 29.9 Å². The van der Waals surface area contributed by atoms with Crippen LogP contribution in [-0.4, -0.2) is 54.2 Å². The molecule has 294 valence electrons. The predicted octanol–water partition coefficient (Wildman–Crippen LogP) is 6.88. The van der Waals surface area contributed by atoms with Crippen molar-refractivity contribution >= 4 is 52.6 Å². The van der Waals surface area contributed by atoms with Crippen molar-refractivity contribution in [2.45, 2.75) is 68.6 Å². The van der Waals surface area contributed by atoms with Crippen molar-refractivity contribution < 1.29 is 41.8 Å². The van der Waals surface area contributed by atoms with Gasteiger partial charge in [-0.2, -0.15) is 0 Å². The van der Waals surface area contributed by atoms with Crippen LogP contribution in [-0.2, 0) is 33.7 Å². The summed E-state index contributed by atoms with van der Waals surface area (Å²) in [4.78, 5) is 56.9. The minimum absolute atomic E-state index is 0.0377. The Bertz CT molecular complexity index is 2400. The number of anilines is 2. The van der Waals surface area contributed by atoms with Gasteiger partial charge in [0.2, 0.25) is 11.9 Å². The molecule has 2 aromatic carbocycles. The number of rotatable bonds is 11. The number of nitrogens with zero attached hydrogens (tertiary/aromatic N) is 5. The zero-order valence-electron chi connectivity index (χ0n) is 29.8. The number of aliphatic hydroxyl groups excluding tert-OH is 1. The highest BCUT2D eigenvalue weighted by atomic mass is 35.5. The van der Waals surface area contributed by atoms with E-state index in [9.17, 15) is 37.1 Å². The second-order valence-corrected chi connectivity index (χ2v) is 15.3. The van der Waals surface area contributed by atoms with Gasteiger partial charge in [0.1, 0.15) is 22.5 Å². The van der Waals surface area contributed by atoms with Crippen molar-refractivity contribution in [3.05, 3.63) is 118 Å². The monoisotopic (exact) mass is 823 g/mol. The molecule has 4 heterocycles. The first-order valence-corrected chi connectivity index (χ1v) is 18.4. The molecule has 18 heteroatoms. The summed E-state index contributed by atoms with van der Waals surface area (Å²) in [5.41, 5.74) is -0.414. The SMILES string of the molecule is C[C@@]1(Cc2ccc(OC(F)(F)F)cc2)C(=O)N(c2cc(Cl)c(F)c(Cl)c2)c2ncc(C(=O)NC3(C(=O)NC4(c5ccc(-c6ccc(CO)nc6)cn5)CC4)CC3)n21. The normalized spacial score (nSPS) is 18.9. The number of aliphatic hydroxyl groups is 1. The Kier molecular flexibility index (Phi) is 9.28. The molecule has 1 aliphatic heterocycles. The number of imidazole rings is 1. The summed E-state index contributed by atoms with van der Waals surface area (Å²) in [5.74, 6) is -3.14. The number of halogens is 6. The van der Waals surface area contributed by atoms with Crippen LogP contribution in [0, 0.1) is 5.82 Å². The van der Waals surface area contributed by atoms with Gasteiger partial charge >= 0.3 is 6.36 Å². The number of aromatic nitrogens is 4. The number of alkyl halides is 3. The summed E-state index contributed by atoms with van der Waals surface area (Å²) in [5, 5.41) is 14.5. The summed E-state index contributed by atoms with van der Waals surface area (Å²) in [6, 6.07) is 14.5. The summed E-state index contributed by atoms with van der Waals surface area (Å²) in [7, 11) is 0. The molecule has 0 bridgehead atoms. The molecular weight excluding hydrogens is 793 g/mol. The zero-order valence-corrected chi connectivity index (χ0v) is 31.3. The van der Waals surface area contributed by atoms with Crippen LogP contribution in [0.25, 0.3) is 11.1 Å². The molecule has 2 fully saturated rings.